The van der Waals surface area contributed by atoms with Crippen LogP contribution in [-0.4, -0.2) is 11.2 Å². The third-order valence-electron chi connectivity index (χ3n) is 1.38. The van der Waals surface area contributed by atoms with Gasteiger partial charge in [0.05, 0.1) is 15.1 Å². The smallest absolute Gasteiger partial charge is 0.240 e. The summed E-state index contributed by atoms with van der Waals surface area (Å²) in [5, 5.41) is 8.84. The zero-order valence-corrected chi connectivity index (χ0v) is 9.34. The summed E-state index contributed by atoms with van der Waals surface area (Å²) in [5.41, 5.74) is -0.249. The van der Waals surface area contributed by atoms with Crippen molar-refractivity contribution >= 4 is 58.2 Å². The zero-order valence-electron chi connectivity index (χ0n) is 6.31. The number of phenols is 1. The molecule has 0 saturated carbocycles. The van der Waals surface area contributed by atoms with E-state index in [1.165, 1.54) is 6.08 Å². The van der Waals surface area contributed by atoms with E-state index in [1.807, 2.05) is 0 Å². The molecule has 74 valence electrons. The monoisotopic (exact) mass is 271 g/mol. The minimum Gasteiger partial charge on any atom is -0.504 e. The van der Waals surface area contributed by atoms with Crippen LogP contribution in [0.25, 0.3) is 0 Å². The number of phenolic OH excluding ortho intramolecular Hbond substituents is 1. The Morgan fingerprint density at radius 1 is 1.00 bits per heavy atom. The highest BCUT2D eigenvalue weighted by Crippen LogP contribution is 2.49. The number of carbonyl (C=O) groups excluding carboxylic acids is 1. The van der Waals surface area contributed by atoms with Crippen molar-refractivity contribution in [2.45, 2.75) is 0 Å². The van der Waals surface area contributed by atoms with Gasteiger partial charge in [-0.2, -0.15) is 4.99 Å². The van der Waals surface area contributed by atoms with Crippen molar-refractivity contribution in [2.75, 3.05) is 0 Å². The van der Waals surface area contributed by atoms with Crippen LogP contribution >= 0.6 is 46.4 Å². The first-order chi connectivity index (χ1) is 6.50. The molecular weight excluding hydrogens is 272 g/mol. The van der Waals surface area contributed by atoms with Crippen molar-refractivity contribution in [3.8, 4) is 5.75 Å². The standard InChI is InChI=1S/C7HCl4NO2/c8-2-3(9)5(11)7(14)6(4(2)10)12-1-13/h14H. The number of isocyanates is 1. The molecule has 0 fully saturated rings. The topological polar surface area (TPSA) is 49.7 Å². The third kappa shape index (κ3) is 1.83. The van der Waals surface area contributed by atoms with E-state index in [0.717, 1.165) is 0 Å². The van der Waals surface area contributed by atoms with Gasteiger partial charge < -0.3 is 5.11 Å². The maximum absolute atomic E-state index is 10.0. The fourth-order valence-corrected chi connectivity index (χ4v) is 1.63. The quantitative estimate of drug-likeness (QED) is 0.364. The van der Waals surface area contributed by atoms with Crippen molar-refractivity contribution in [1.29, 1.82) is 0 Å². The van der Waals surface area contributed by atoms with Gasteiger partial charge >= 0.3 is 0 Å². The second-order valence-electron chi connectivity index (χ2n) is 2.16. The van der Waals surface area contributed by atoms with Gasteiger partial charge in [-0.25, -0.2) is 4.79 Å². The first-order valence-electron chi connectivity index (χ1n) is 3.13. The molecule has 3 nitrogen and oxygen atoms in total. The van der Waals surface area contributed by atoms with Gasteiger partial charge in [0.25, 0.3) is 0 Å². The SMILES string of the molecule is O=C=Nc1c(O)c(Cl)c(Cl)c(Cl)c1Cl. The van der Waals surface area contributed by atoms with Gasteiger partial charge in [0.15, 0.2) is 5.75 Å². The van der Waals surface area contributed by atoms with E-state index >= 15 is 0 Å². The molecule has 1 N–H and O–H groups in total. The highest BCUT2D eigenvalue weighted by Gasteiger charge is 2.19. The fraction of sp³-hybridized carbons (Fsp3) is 0. The average Bonchev–Trinajstić information content (AvgIpc) is 2.19. The molecule has 0 atom stereocenters. The van der Waals surface area contributed by atoms with E-state index in [4.69, 9.17) is 46.4 Å². The lowest BCUT2D eigenvalue weighted by Gasteiger charge is -2.06. The number of nitrogens with zero attached hydrogens (tertiary/aromatic N) is 1. The van der Waals surface area contributed by atoms with Crippen LogP contribution in [-0.2, 0) is 4.79 Å². The van der Waals surface area contributed by atoms with Gasteiger partial charge in [-0.3, -0.25) is 0 Å². The lowest BCUT2D eigenvalue weighted by molar-refractivity contribution is 0.477. The zero-order chi connectivity index (χ0) is 10.9. The number of aliphatic imine (C=N–C) groups is 1. The van der Waals surface area contributed by atoms with E-state index < -0.39 is 5.75 Å². The summed E-state index contributed by atoms with van der Waals surface area (Å²) in [7, 11) is 0. The van der Waals surface area contributed by atoms with Crippen LogP contribution in [0.1, 0.15) is 0 Å². The largest absolute Gasteiger partial charge is 0.504 e. The molecule has 1 aromatic rings. The highest BCUT2D eigenvalue weighted by atomic mass is 35.5. The average molecular weight is 273 g/mol. The second kappa shape index (κ2) is 4.39. The fourth-order valence-electron chi connectivity index (χ4n) is 0.756. The molecule has 0 aliphatic heterocycles. The van der Waals surface area contributed by atoms with Crippen LogP contribution in [0.5, 0.6) is 5.75 Å². The molecule has 0 saturated heterocycles. The number of rotatable bonds is 1. The van der Waals surface area contributed by atoms with Gasteiger partial charge in [-0.1, -0.05) is 46.4 Å². The Morgan fingerprint density at radius 3 is 2.00 bits per heavy atom. The van der Waals surface area contributed by atoms with E-state index in [9.17, 15) is 9.90 Å². The molecular formula is C7HCl4NO2. The molecule has 1 rings (SSSR count). The van der Waals surface area contributed by atoms with E-state index in [1.54, 1.807) is 0 Å². The second-order valence-corrected chi connectivity index (χ2v) is 3.67. The molecule has 0 bridgehead atoms. The van der Waals surface area contributed by atoms with Gasteiger partial charge in [-0.15, -0.1) is 0 Å². The first-order valence-corrected chi connectivity index (χ1v) is 4.64. The summed E-state index contributed by atoms with van der Waals surface area (Å²) in [6, 6.07) is 0. The van der Waals surface area contributed by atoms with Crippen LogP contribution in [0.4, 0.5) is 5.69 Å². The van der Waals surface area contributed by atoms with E-state index in [2.05, 4.69) is 4.99 Å². The Kier molecular flexibility index (Phi) is 3.65. The molecule has 14 heavy (non-hydrogen) atoms. The molecule has 1 aromatic carbocycles. The molecule has 7 heteroatoms. The maximum atomic E-state index is 10.0. The van der Waals surface area contributed by atoms with Crippen molar-refractivity contribution in [2.24, 2.45) is 4.99 Å². The number of halogens is 4. The van der Waals surface area contributed by atoms with Crippen molar-refractivity contribution < 1.29 is 9.90 Å². The van der Waals surface area contributed by atoms with Crippen LogP contribution in [0, 0.1) is 0 Å². The number of hydrogen-bond donors (Lipinski definition) is 1. The lowest BCUT2D eigenvalue weighted by Crippen LogP contribution is -1.79. The van der Waals surface area contributed by atoms with Gasteiger partial charge in [0.2, 0.25) is 6.08 Å². The van der Waals surface area contributed by atoms with Gasteiger partial charge in [0.1, 0.15) is 10.7 Å². The summed E-state index contributed by atoms with van der Waals surface area (Å²) >= 11 is 22.5. The molecule has 0 amide bonds. The molecule has 0 radical (unpaired) electrons. The summed E-state index contributed by atoms with van der Waals surface area (Å²) in [4.78, 5) is 13.2. The number of aromatic hydroxyl groups is 1. The van der Waals surface area contributed by atoms with Crippen LogP contribution in [0.2, 0.25) is 20.1 Å². The minimum atomic E-state index is -0.505. The van der Waals surface area contributed by atoms with Crippen LogP contribution in [0.3, 0.4) is 0 Å². The number of hydrogen-bond acceptors (Lipinski definition) is 3. The van der Waals surface area contributed by atoms with Gasteiger partial charge in [0, 0.05) is 0 Å². The minimum absolute atomic E-state index is 0.0786. The van der Waals surface area contributed by atoms with Crippen molar-refractivity contribution in [1.82, 2.24) is 0 Å². The predicted molar refractivity (Wildman–Crippen MR) is 55.9 cm³/mol. The molecule has 0 heterocycles. The van der Waals surface area contributed by atoms with E-state index in [0.29, 0.717) is 0 Å². The maximum Gasteiger partial charge on any atom is 0.240 e. The Morgan fingerprint density at radius 2 is 1.50 bits per heavy atom. The molecule has 0 aliphatic carbocycles. The van der Waals surface area contributed by atoms with Crippen molar-refractivity contribution in [3.63, 3.8) is 0 Å². The van der Waals surface area contributed by atoms with Crippen LogP contribution < -0.4 is 0 Å². The summed E-state index contributed by atoms with van der Waals surface area (Å²) < 4.78 is 0. The predicted octanol–water partition coefficient (Wildman–Crippen LogP) is 3.97. The molecule has 0 spiro atoms. The highest BCUT2D eigenvalue weighted by molar-refractivity contribution is 6.53. The molecule has 0 aliphatic rings. The Labute approximate surface area is 98.9 Å². The lowest BCUT2D eigenvalue weighted by atomic mass is 10.3. The number of benzene rings is 1. The Balaban J connectivity index is 3.67. The van der Waals surface area contributed by atoms with Gasteiger partial charge in [-0.05, 0) is 0 Å². The summed E-state index contributed by atoms with van der Waals surface area (Å²) in [6.45, 7) is 0. The summed E-state index contributed by atoms with van der Waals surface area (Å²) in [6.07, 6.45) is 1.21. The molecule has 0 unspecified atom stereocenters. The third-order valence-corrected chi connectivity index (χ3v) is 3.16. The van der Waals surface area contributed by atoms with E-state index in [-0.39, 0.29) is 25.8 Å². The Bertz CT molecular complexity index is 411. The van der Waals surface area contributed by atoms with Crippen molar-refractivity contribution in [3.05, 3.63) is 20.1 Å². The van der Waals surface area contributed by atoms with Crippen LogP contribution in [0.15, 0.2) is 4.99 Å². The normalized spacial score (nSPS) is 9.71. The first kappa shape index (κ1) is 11.6. The summed E-state index contributed by atoms with van der Waals surface area (Å²) in [5.74, 6) is -0.505. The Hall–Kier alpha value is -0.440. The molecule has 0 aromatic heterocycles.